The Morgan fingerprint density at radius 3 is 2.37 bits per heavy atom. The summed E-state index contributed by atoms with van der Waals surface area (Å²) in [6.07, 6.45) is 4.41. The smallest absolute Gasteiger partial charge is 0.254 e. The summed E-state index contributed by atoms with van der Waals surface area (Å²) in [7, 11) is 1.61. The van der Waals surface area contributed by atoms with Crippen molar-refractivity contribution in [2.24, 2.45) is 0 Å². The number of ether oxygens (including phenoxy) is 1. The summed E-state index contributed by atoms with van der Waals surface area (Å²) < 4.78 is 5.31. The van der Waals surface area contributed by atoms with Crippen molar-refractivity contribution in [3.63, 3.8) is 0 Å². The van der Waals surface area contributed by atoms with Crippen molar-refractivity contribution in [3.8, 4) is 16.9 Å². The summed E-state index contributed by atoms with van der Waals surface area (Å²) in [6, 6.07) is 27.7. The Morgan fingerprint density at radius 2 is 1.66 bits per heavy atom. The van der Waals surface area contributed by atoms with Gasteiger partial charge in [0.15, 0.2) is 0 Å². The molecule has 5 rings (SSSR count). The number of amides is 2. The number of pyridine rings is 1. The first kappa shape index (κ1) is 28.1. The van der Waals surface area contributed by atoms with Gasteiger partial charge in [0.25, 0.3) is 5.91 Å². The fourth-order valence-electron chi connectivity index (χ4n) is 5.34. The van der Waals surface area contributed by atoms with Crippen molar-refractivity contribution in [3.05, 3.63) is 114 Å². The molecule has 0 spiro atoms. The SMILES string of the molecule is COc1ccc(C(=O)N2CCN(Cc3ccccc3)CCCN(C(C)=O)c3ccc(-c4cccnc4)cc3C2)cc1. The molecule has 1 aliphatic rings. The molecule has 41 heavy (non-hydrogen) atoms. The first-order chi connectivity index (χ1) is 20.0. The second-order valence-electron chi connectivity index (χ2n) is 10.3. The zero-order valence-corrected chi connectivity index (χ0v) is 23.7. The molecule has 1 aromatic heterocycles. The zero-order chi connectivity index (χ0) is 28.6. The maximum atomic E-state index is 14.0. The number of rotatable bonds is 5. The van der Waals surface area contributed by atoms with Gasteiger partial charge < -0.3 is 14.5 Å². The second-order valence-corrected chi connectivity index (χ2v) is 10.3. The third-order valence-electron chi connectivity index (χ3n) is 7.52. The maximum Gasteiger partial charge on any atom is 0.254 e. The van der Waals surface area contributed by atoms with E-state index in [1.54, 1.807) is 20.2 Å². The second kappa shape index (κ2) is 13.2. The van der Waals surface area contributed by atoms with Crippen molar-refractivity contribution in [2.45, 2.75) is 26.4 Å². The highest BCUT2D eigenvalue weighted by Gasteiger charge is 2.24. The van der Waals surface area contributed by atoms with Gasteiger partial charge in [-0.1, -0.05) is 42.5 Å². The van der Waals surface area contributed by atoms with E-state index in [-0.39, 0.29) is 11.8 Å². The number of fused-ring (bicyclic) bond motifs is 1. The van der Waals surface area contributed by atoms with Crippen LogP contribution in [0.2, 0.25) is 0 Å². The molecule has 4 aromatic rings. The Balaban J connectivity index is 1.53. The number of hydrogen-bond donors (Lipinski definition) is 0. The van der Waals surface area contributed by atoms with Crippen LogP contribution in [0.25, 0.3) is 11.1 Å². The third kappa shape index (κ3) is 6.99. The summed E-state index contributed by atoms with van der Waals surface area (Å²) in [6.45, 7) is 5.45. The van der Waals surface area contributed by atoms with Gasteiger partial charge in [-0.05, 0) is 71.1 Å². The number of aromatic nitrogens is 1. The molecule has 2 heterocycles. The molecule has 0 atom stereocenters. The van der Waals surface area contributed by atoms with Gasteiger partial charge in [0.2, 0.25) is 5.91 Å². The van der Waals surface area contributed by atoms with E-state index < -0.39 is 0 Å². The number of methoxy groups -OCH3 is 1. The van der Waals surface area contributed by atoms with E-state index >= 15 is 0 Å². The highest BCUT2D eigenvalue weighted by atomic mass is 16.5. The average Bonchev–Trinajstić information content (AvgIpc) is 3.04. The van der Waals surface area contributed by atoms with Crippen LogP contribution in [0.5, 0.6) is 5.75 Å². The Bertz CT molecular complexity index is 1460. The predicted molar refractivity (Wildman–Crippen MR) is 162 cm³/mol. The number of nitrogens with zero attached hydrogens (tertiary/aromatic N) is 4. The molecule has 210 valence electrons. The molecule has 0 saturated carbocycles. The fourth-order valence-corrected chi connectivity index (χ4v) is 5.34. The van der Waals surface area contributed by atoms with Crippen LogP contribution in [-0.4, -0.2) is 59.9 Å². The van der Waals surface area contributed by atoms with Crippen LogP contribution >= 0.6 is 0 Å². The van der Waals surface area contributed by atoms with E-state index in [0.717, 1.165) is 41.9 Å². The molecule has 0 radical (unpaired) electrons. The Labute approximate surface area is 242 Å². The first-order valence-electron chi connectivity index (χ1n) is 14.0. The van der Waals surface area contributed by atoms with Crippen LogP contribution in [0.15, 0.2) is 97.3 Å². The van der Waals surface area contributed by atoms with Crippen molar-refractivity contribution >= 4 is 17.5 Å². The van der Waals surface area contributed by atoms with Crippen molar-refractivity contribution in [2.75, 3.05) is 38.2 Å². The fraction of sp³-hybridized carbons (Fsp3) is 0.265. The van der Waals surface area contributed by atoms with Gasteiger partial charge >= 0.3 is 0 Å². The molecule has 0 unspecified atom stereocenters. The van der Waals surface area contributed by atoms with Gasteiger partial charge in [-0.3, -0.25) is 19.5 Å². The molecule has 3 aromatic carbocycles. The van der Waals surface area contributed by atoms with E-state index in [2.05, 4.69) is 40.2 Å². The largest absolute Gasteiger partial charge is 0.497 e. The van der Waals surface area contributed by atoms with Crippen LogP contribution < -0.4 is 9.64 Å². The minimum atomic E-state index is -0.0568. The van der Waals surface area contributed by atoms with Gasteiger partial charge in [-0.15, -0.1) is 0 Å². The van der Waals surface area contributed by atoms with Gasteiger partial charge in [-0.2, -0.15) is 0 Å². The highest BCUT2D eigenvalue weighted by Crippen LogP contribution is 2.30. The minimum absolute atomic E-state index is 0.0118. The van der Waals surface area contributed by atoms with E-state index in [1.165, 1.54) is 5.56 Å². The van der Waals surface area contributed by atoms with E-state index in [1.807, 2.05) is 70.6 Å². The number of anilines is 1. The summed E-state index contributed by atoms with van der Waals surface area (Å²) in [5.74, 6) is 0.637. The number of carbonyl (C=O) groups is 2. The Hall–Kier alpha value is -4.49. The molecule has 0 aliphatic carbocycles. The topological polar surface area (TPSA) is 66.0 Å². The molecule has 0 fully saturated rings. The lowest BCUT2D eigenvalue weighted by Gasteiger charge is -2.28. The lowest BCUT2D eigenvalue weighted by atomic mass is 10.0. The lowest BCUT2D eigenvalue weighted by Crippen LogP contribution is -2.38. The minimum Gasteiger partial charge on any atom is -0.497 e. The quantitative estimate of drug-likeness (QED) is 0.322. The van der Waals surface area contributed by atoms with E-state index in [9.17, 15) is 9.59 Å². The summed E-state index contributed by atoms with van der Waals surface area (Å²) in [5.41, 5.74) is 5.58. The van der Waals surface area contributed by atoms with Crippen LogP contribution in [0.1, 0.15) is 34.8 Å². The maximum absolute atomic E-state index is 14.0. The zero-order valence-electron chi connectivity index (χ0n) is 23.7. The van der Waals surface area contributed by atoms with E-state index in [0.29, 0.717) is 37.5 Å². The molecule has 7 heteroatoms. The molecule has 1 aliphatic heterocycles. The average molecular weight is 549 g/mol. The molecule has 7 nitrogen and oxygen atoms in total. The summed E-state index contributed by atoms with van der Waals surface area (Å²) in [4.78, 5) is 37.3. The number of hydrogen-bond acceptors (Lipinski definition) is 5. The van der Waals surface area contributed by atoms with Crippen molar-refractivity contribution in [1.82, 2.24) is 14.8 Å². The van der Waals surface area contributed by atoms with Crippen LogP contribution in [0.3, 0.4) is 0 Å². The van der Waals surface area contributed by atoms with Gasteiger partial charge in [0.1, 0.15) is 5.75 Å². The van der Waals surface area contributed by atoms with Gasteiger partial charge in [0.05, 0.1) is 7.11 Å². The normalized spacial score (nSPS) is 14.6. The standard InChI is InChI=1S/C34H36N4O3/c1-26(39)38-19-7-18-36(24-27-8-4-3-5-9-27)20-21-37(34(40)28-11-14-32(41-2)15-12-28)25-31-22-29(13-16-33(31)38)30-10-6-17-35-23-30/h3-6,8-17,22-23H,7,18-21,24-25H2,1-2H3. The lowest BCUT2D eigenvalue weighted by molar-refractivity contribution is -0.116. The molecule has 2 amide bonds. The highest BCUT2D eigenvalue weighted by molar-refractivity contribution is 5.95. The Morgan fingerprint density at radius 1 is 0.854 bits per heavy atom. The molecule has 0 saturated heterocycles. The van der Waals surface area contributed by atoms with Crippen LogP contribution in [-0.2, 0) is 17.9 Å². The number of carbonyl (C=O) groups excluding carboxylic acids is 2. The van der Waals surface area contributed by atoms with Gasteiger partial charge in [0, 0.05) is 69.8 Å². The van der Waals surface area contributed by atoms with Crippen molar-refractivity contribution < 1.29 is 14.3 Å². The molecule has 0 N–H and O–H groups in total. The summed E-state index contributed by atoms with van der Waals surface area (Å²) >= 11 is 0. The van der Waals surface area contributed by atoms with Crippen LogP contribution in [0, 0.1) is 0 Å². The molecular formula is C34H36N4O3. The third-order valence-corrected chi connectivity index (χ3v) is 7.52. The Kier molecular flexibility index (Phi) is 9.06. The monoisotopic (exact) mass is 548 g/mol. The predicted octanol–water partition coefficient (Wildman–Crippen LogP) is 5.66. The molecule has 0 bridgehead atoms. The van der Waals surface area contributed by atoms with E-state index in [4.69, 9.17) is 4.74 Å². The van der Waals surface area contributed by atoms with Gasteiger partial charge in [-0.25, -0.2) is 0 Å². The van der Waals surface area contributed by atoms with Crippen LogP contribution in [0.4, 0.5) is 5.69 Å². The first-order valence-corrected chi connectivity index (χ1v) is 14.0. The summed E-state index contributed by atoms with van der Waals surface area (Å²) in [5, 5.41) is 0. The van der Waals surface area contributed by atoms with Crippen molar-refractivity contribution in [1.29, 1.82) is 0 Å². The number of benzene rings is 3. The molecular weight excluding hydrogens is 512 g/mol.